The van der Waals surface area contributed by atoms with Crippen LogP contribution in [0.25, 0.3) is 22.3 Å². The van der Waals surface area contributed by atoms with Crippen molar-refractivity contribution in [2.75, 3.05) is 11.9 Å². The van der Waals surface area contributed by atoms with E-state index in [9.17, 15) is 9.59 Å². The zero-order valence-electron chi connectivity index (χ0n) is 16.7. The van der Waals surface area contributed by atoms with Crippen molar-refractivity contribution in [2.24, 2.45) is 0 Å². The Labute approximate surface area is 198 Å². The summed E-state index contributed by atoms with van der Waals surface area (Å²) >= 11 is 18.1. The van der Waals surface area contributed by atoms with E-state index in [1.165, 1.54) is 6.07 Å². The van der Waals surface area contributed by atoms with Gasteiger partial charge in [0.05, 0.1) is 5.39 Å². The zero-order valence-corrected chi connectivity index (χ0v) is 19.0. The molecule has 1 heterocycles. The number of hydrogen-bond acceptors (Lipinski definition) is 4. The number of hydrogen-bond donors (Lipinski definition) is 1. The molecule has 1 N–H and O–H groups in total. The SMILES string of the molecule is Cc1cc2oc(-c3ccc(Cl)cc3)c(OCC(=O)Nc3ccc(Cl)cc3)c(=O)c2cc1Cl. The van der Waals surface area contributed by atoms with E-state index in [1.807, 2.05) is 6.92 Å². The number of aryl methyl sites for hydroxylation is 1. The fourth-order valence-electron chi connectivity index (χ4n) is 3.09. The summed E-state index contributed by atoms with van der Waals surface area (Å²) in [6, 6.07) is 16.6. The van der Waals surface area contributed by atoms with Crippen LogP contribution in [0, 0.1) is 6.92 Å². The van der Waals surface area contributed by atoms with Crippen LogP contribution in [0.3, 0.4) is 0 Å². The molecular formula is C24H16Cl3NO4. The lowest BCUT2D eigenvalue weighted by molar-refractivity contribution is -0.118. The molecule has 0 radical (unpaired) electrons. The summed E-state index contributed by atoms with van der Waals surface area (Å²) in [7, 11) is 0. The first-order valence-corrected chi connectivity index (χ1v) is 10.7. The highest BCUT2D eigenvalue weighted by atomic mass is 35.5. The number of carbonyl (C=O) groups is 1. The van der Waals surface area contributed by atoms with E-state index < -0.39 is 17.9 Å². The van der Waals surface area contributed by atoms with Gasteiger partial charge in [0.25, 0.3) is 5.91 Å². The molecule has 5 nitrogen and oxygen atoms in total. The van der Waals surface area contributed by atoms with Gasteiger partial charge < -0.3 is 14.5 Å². The molecule has 0 bridgehead atoms. The summed E-state index contributed by atoms with van der Waals surface area (Å²) in [4.78, 5) is 25.6. The molecule has 0 aliphatic rings. The third kappa shape index (κ3) is 4.75. The molecule has 0 aliphatic heterocycles. The molecule has 0 spiro atoms. The molecule has 3 aromatic carbocycles. The smallest absolute Gasteiger partial charge is 0.262 e. The Morgan fingerprint density at radius 2 is 1.59 bits per heavy atom. The second-order valence-electron chi connectivity index (χ2n) is 7.04. The molecule has 8 heteroatoms. The summed E-state index contributed by atoms with van der Waals surface area (Å²) < 4.78 is 11.7. The second kappa shape index (κ2) is 9.25. The molecule has 0 saturated heterocycles. The maximum absolute atomic E-state index is 13.2. The van der Waals surface area contributed by atoms with Crippen LogP contribution in [0.2, 0.25) is 15.1 Å². The van der Waals surface area contributed by atoms with Crippen LogP contribution in [0.15, 0.2) is 69.9 Å². The lowest BCUT2D eigenvalue weighted by atomic mass is 10.1. The molecule has 4 rings (SSSR count). The van der Waals surface area contributed by atoms with Crippen LogP contribution >= 0.6 is 34.8 Å². The van der Waals surface area contributed by atoms with Crippen molar-refractivity contribution < 1.29 is 13.9 Å². The summed E-state index contributed by atoms with van der Waals surface area (Å²) in [6.07, 6.45) is 0. The molecule has 4 aromatic rings. The van der Waals surface area contributed by atoms with Gasteiger partial charge in [0.15, 0.2) is 12.4 Å². The van der Waals surface area contributed by atoms with Gasteiger partial charge in [-0.3, -0.25) is 9.59 Å². The number of fused-ring (bicyclic) bond motifs is 1. The lowest BCUT2D eigenvalue weighted by Gasteiger charge is -2.13. The average molecular weight is 489 g/mol. The first-order chi connectivity index (χ1) is 15.3. The first-order valence-electron chi connectivity index (χ1n) is 9.53. The standard InChI is InChI=1S/C24H16Cl3NO4/c1-13-10-20-18(11-19(13)27)22(30)24(23(32-20)14-2-4-15(25)5-3-14)31-12-21(29)28-17-8-6-16(26)7-9-17/h2-11H,12H2,1H3,(H,28,29). The number of amides is 1. The van der Waals surface area contributed by atoms with Gasteiger partial charge in [-0.25, -0.2) is 0 Å². The predicted molar refractivity (Wildman–Crippen MR) is 128 cm³/mol. The van der Waals surface area contributed by atoms with Crippen molar-refractivity contribution in [1.82, 2.24) is 0 Å². The maximum Gasteiger partial charge on any atom is 0.262 e. The van der Waals surface area contributed by atoms with Crippen LogP contribution in [0.5, 0.6) is 5.75 Å². The fraction of sp³-hybridized carbons (Fsp3) is 0.0833. The number of nitrogens with one attached hydrogen (secondary N) is 1. The van der Waals surface area contributed by atoms with Crippen molar-refractivity contribution in [2.45, 2.75) is 6.92 Å². The normalized spacial score (nSPS) is 10.9. The summed E-state index contributed by atoms with van der Waals surface area (Å²) in [5.74, 6) is -0.345. The molecule has 0 aliphatic carbocycles. The average Bonchev–Trinajstić information content (AvgIpc) is 2.76. The van der Waals surface area contributed by atoms with Crippen molar-refractivity contribution in [3.05, 3.63) is 91.5 Å². The van der Waals surface area contributed by atoms with Gasteiger partial charge in [-0.15, -0.1) is 0 Å². The van der Waals surface area contributed by atoms with Gasteiger partial charge in [-0.1, -0.05) is 34.8 Å². The van der Waals surface area contributed by atoms with Gasteiger partial charge in [-0.2, -0.15) is 0 Å². The maximum atomic E-state index is 13.2. The number of benzene rings is 3. The molecule has 32 heavy (non-hydrogen) atoms. The molecule has 0 fully saturated rings. The Morgan fingerprint density at radius 3 is 2.25 bits per heavy atom. The predicted octanol–water partition coefficient (Wildman–Crippen LogP) is 6.75. The van der Waals surface area contributed by atoms with Gasteiger partial charge in [0.1, 0.15) is 5.58 Å². The summed E-state index contributed by atoms with van der Waals surface area (Å²) in [5, 5.41) is 4.45. The third-order valence-electron chi connectivity index (χ3n) is 4.71. The van der Waals surface area contributed by atoms with Crippen molar-refractivity contribution >= 4 is 57.4 Å². The molecule has 0 unspecified atom stereocenters. The number of rotatable bonds is 5. The van der Waals surface area contributed by atoms with Crippen LogP contribution in [-0.4, -0.2) is 12.5 Å². The van der Waals surface area contributed by atoms with E-state index in [1.54, 1.807) is 54.6 Å². The minimum Gasteiger partial charge on any atom is -0.476 e. The van der Waals surface area contributed by atoms with E-state index in [4.69, 9.17) is 44.0 Å². The highest BCUT2D eigenvalue weighted by molar-refractivity contribution is 6.32. The topological polar surface area (TPSA) is 68.5 Å². The Bertz CT molecular complexity index is 1360. The first kappa shape index (κ1) is 22.2. The van der Waals surface area contributed by atoms with Gasteiger partial charge >= 0.3 is 0 Å². The van der Waals surface area contributed by atoms with Gasteiger partial charge in [-0.05, 0) is 73.2 Å². The fourth-order valence-corrected chi connectivity index (χ4v) is 3.50. The molecule has 0 atom stereocenters. The van der Waals surface area contributed by atoms with Crippen LogP contribution in [-0.2, 0) is 4.79 Å². The Morgan fingerprint density at radius 1 is 0.969 bits per heavy atom. The number of carbonyl (C=O) groups excluding carboxylic acids is 1. The number of ether oxygens (including phenoxy) is 1. The summed E-state index contributed by atoms with van der Waals surface area (Å²) in [6.45, 7) is 1.41. The Kier molecular flexibility index (Phi) is 6.42. The van der Waals surface area contributed by atoms with Crippen molar-refractivity contribution in [3.8, 4) is 17.1 Å². The Hall–Kier alpha value is -2.99. The van der Waals surface area contributed by atoms with Crippen LogP contribution < -0.4 is 15.5 Å². The molecule has 1 amide bonds. The molecule has 0 saturated carbocycles. The van der Waals surface area contributed by atoms with E-state index in [0.29, 0.717) is 31.9 Å². The van der Waals surface area contributed by atoms with Crippen LogP contribution in [0.1, 0.15) is 5.56 Å². The minimum atomic E-state index is -0.448. The van der Waals surface area contributed by atoms with Gasteiger partial charge in [0, 0.05) is 26.3 Å². The highest BCUT2D eigenvalue weighted by Gasteiger charge is 2.20. The summed E-state index contributed by atoms with van der Waals surface area (Å²) in [5.41, 5.74) is 1.82. The Balaban J connectivity index is 1.71. The van der Waals surface area contributed by atoms with Gasteiger partial charge in [0.2, 0.25) is 11.2 Å². The third-order valence-corrected chi connectivity index (χ3v) is 5.62. The van der Waals surface area contributed by atoms with E-state index in [-0.39, 0.29) is 16.9 Å². The molecular weight excluding hydrogens is 473 g/mol. The van der Waals surface area contributed by atoms with E-state index in [0.717, 1.165) is 5.56 Å². The van der Waals surface area contributed by atoms with E-state index >= 15 is 0 Å². The van der Waals surface area contributed by atoms with E-state index in [2.05, 4.69) is 5.32 Å². The second-order valence-corrected chi connectivity index (χ2v) is 8.32. The van der Waals surface area contributed by atoms with Crippen molar-refractivity contribution in [3.63, 3.8) is 0 Å². The molecule has 162 valence electrons. The lowest BCUT2D eigenvalue weighted by Crippen LogP contribution is -2.22. The highest BCUT2D eigenvalue weighted by Crippen LogP contribution is 2.33. The number of anilines is 1. The minimum absolute atomic E-state index is 0.0917. The largest absolute Gasteiger partial charge is 0.476 e. The molecule has 1 aromatic heterocycles. The number of halogens is 3. The monoisotopic (exact) mass is 487 g/mol. The van der Waals surface area contributed by atoms with Crippen molar-refractivity contribution in [1.29, 1.82) is 0 Å². The quantitative estimate of drug-likeness (QED) is 0.337. The van der Waals surface area contributed by atoms with Crippen LogP contribution in [0.4, 0.5) is 5.69 Å². The zero-order chi connectivity index (χ0) is 22.8.